The molecule has 0 atom stereocenters. The second-order valence-electron chi connectivity index (χ2n) is 5.24. The number of phenolic OH excluding ortho intramolecular Hbond substituents is 1. The third kappa shape index (κ3) is 4.70. The van der Waals surface area contributed by atoms with Gasteiger partial charge in [-0.25, -0.2) is 4.79 Å². The third-order valence-electron chi connectivity index (χ3n) is 3.28. The Labute approximate surface area is 130 Å². The maximum Gasteiger partial charge on any atom is 0.319 e. The van der Waals surface area contributed by atoms with Crippen molar-refractivity contribution in [3.8, 4) is 5.75 Å². The average molecular weight is 299 g/mol. The number of phenols is 1. The molecule has 0 fully saturated rings. The fourth-order valence-corrected chi connectivity index (χ4v) is 2.00. The minimum absolute atomic E-state index is 0.226. The lowest BCUT2D eigenvalue weighted by Crippen LogP contribution is -2.30. The van der Waals surface area contributed by atoms with Crippen molar-refractivity contribution in [1.29, 1.82) is 0 Å². The van der Waals surface area contributed by atoms with Gasteiger partial charge in [-0.05, 0) is 48.4 Å². The summed E-state index contributed by atoms with van der Waals surface area (Å²) in [5.74, 6) is 0.246. The Morgan fingerprint density at radius 2 is 1.68 bits per heavy atom. The summed E-state index contributed by atoms with van der Waals surface area (Å²) in [5, 5.41) is 14.8. The van der Waals surface area contributed by atoms with Crippen LogP contribution in [0.5, 0.6) is 5.75 Å². The molecule has 0 spiro atoms. The topological polar surface area (TPSA) is 64.6 Å². The zero-order chi connectivity index (χ0) is 15.9. The van der Waals surface area contributed by atoms with E-state index in [-0.39, 0.29) is 11.8 Å². The van der Waals surface area contributed by atoms with Crippen molar-refractivity contribution in [2.45, 2.75) is 6.42 Å². The van der Waals surface area contributed by atoms with Crippen LogP contribution in [-0.4, -0.2) is 31.8 Å². The summed E-state index contributed by atoms with van der Waals surface area (Å²) in [5.41, 5.74) is 2.90. The molecule has 0 saturated heterocycles. The number of nitrogens with one attached hydrogen (secondary N) is 2. The fourth-order valence-electron chi connectivity index (χ4n) is 2.00. The predicted molar refractivity (Wildman–Crippen MR) is 89.6 cm³/mol. The maximum atomic E-state index is 11.8. The Morgan fingerprint density at radius 1 is 1.05 bits per heavy atom. The van der Waals surface area contributed by atoms with Crippen LogP contribution in [0.2, 0.25) is 0 Å². The first-order chi connectivity index (χ1) is 10.5. The lowest BCUT2D eigenvalue weighted by atomic mass is 10.1. The van der Waals surface area contributed by atoms with E-state index in [9.17, 15) is 9.90 Å². The molecule has 0 aliphatic heterocycles. The lowest BCUT2D eigenvalue weighted by molar-refractivity contribution is 0.252. The monoisotopic (exact) mass is 299 g/mol. The van der Waals surface area contributed by atoms with Crippen molar-refractivity contribution in [2.24, 2.45) is 0 Å². The minimum Gasteiger partial charge on any atom is -0.508 e. The third-order valence-corrected chi connectivity index (χ3v) is 3.28. The van der Waals surface area contributed by atoms with Gasteiger partial charge in [0, 0.05) is 32.0 Å². The Kier molecular flexibility index (Phi) is 5.25. The van der Waals surface area contributed by atoms with E-state index in [1.54, 1.807) is 12.1 Å². The molecule has 3 N–H and O–H groups in total. The first kappa shape index (κ1) is 15.7. The van der Waals surface area contributed by atoms with Gasteiger partial charge in [0.2, 0.25) is 0 Å². The van der Waals surface area contributed by atoms with Crippen LogP contribution in [0.15, 0.2) is 48.5 Å². The van der Waals surface area contributed by atoms with E-state index in [1.807, 2.05) is 55.4 Å². The average Bonchev–Trinajstić information content (AvgIpc) is 2.50. The van der Waals surface area contributed by atoms with Gasteiger partial charge in [0.25, 0.3) is 0 Å². The summed E-state index contributed by atoms with van der Waals surface area (Å²) in [6, 6.07) is 14.4. The molecule has 0 heterocycles. The molecule has 116 valence electrons. The van der Waals surface area contributed by atoms with Crippen molar-refractivity contribution in [3.63, 3.8) is 0 Å². The number of urea groups is 1. The van der Waals surface area contributed by atoms with Crippen LogP contribution < -0.4 is 15.5 Å². The number of amides is 2. The van der Waals surface area contributed by atoms with Crippen LogP contribution in [0.1, 0.15) is 5.56 Å². The molecule has 5 nitrogen and oxygen atoms in total. The van der Waals surface area contributed by atoms with Gasteiger partial charge in [-0.2, -0.15) is 0 Å². The highest BCUT2D eigenvalue weighted by Gasteiger charge is 2.02. The molecule has 0 radical (unpaired) electrons. The summed E-state index contributed by atoms with van der Waals surface area (Å²) in [6.45, 7) is 0.534. The number of aromatic hydroxyl groups is 1. The first-order valence-corrected chi connectivity index (χ1v) is 7.15. The molecule has 2 aromatic rings. The predicted octanol–water partition coefficient (Wildman–Crippen LogP) is 2.82. The van der Waals surface area contributed by atoms with Gasteiger partial charge in [0.1, 0.15) is 5.75 Å². The number of hydrogen-bond donors (Lipinski definition) is 3. The van der Waals surface area contributed by atoms with Crippen LogP contribution in [-0.2, 0) is 6.42 Å². The molecule has 2 rings (SSSR count). The maximum absolute atomic E-state index is 11.8. The first-order valence-electron chi connectivity index (χ1n) is 7.15. The normalized spacial score (nSPS) is 10.1. The lowest BCUT2D eigenvalue weighted by Gasteiger charge is -2.13. The second kappa shape index (κ2) is 7.36. The molecule has 5 heteroatoms. The summed E-state index contributed by atoms with van der Waals surface area (Å²) in [6.07, 6.45) is 0.716. The van der Waals surface area contributed by atoms with Gasteiger partial charge in [-0.1, -0.05) is 12.1 Å². The van der Waals surface area contributed by atoms with Gasteiger partial charge >= 0.3 is 6.03 Å². The van der Waals surface area contributed by atoms with Gasteiger partial charge in [-0.15, -0.1) is 0 Å². The van der Waals surface area contributed by atoms with E-state index >= 15 is 0 Å². The van der Waals surface area contributed by atoms with Crippen LogP contribution in [0, 0.1) is 0 Å². The highest BCUT2D eigenvalue weighted by Crippen LogP contribution is 2.15. The van der Waals surface area contributed by atoms with Crippen LogP contribution in [0.25, 0.3) is 0 Å². The molecule has 22 heavy (non-hydrogen) atoms. The highest BCUT2D eigenvalue weighted by atomic mass is 16.3. The Morgan fingerprint density at radius 3 is 2.27 bits per heavy atom. The van der Waals surface area contributed by atoms with Crippen molar-refractivity contribution in [3.05, 3.63) is 54.1 Å². The molecule has 0 unspecified atom stereocenters. The fraction of sp³-hybridized carbons (Fsp3) is 0.235. The van der Waals surface area contributed by atoms with Crippen molar-refractivity contribution in [2.75, 3.05) is 30.9 Å². The number of benzene rings is 2. The summed E-state index contributed by atoms with van der Waals surface area (Å²) in [4.78, 5) is 13.8. The zero-order valence-electron chi connectivity index (χ0n) is 12.8. The van der Waals surface area contributed by atoms with E-state index < -0.39 is 0 Å². The molecule has 0 aliphatic rings. The van der Waals surface area contributed by atoms with E-state index in [0.29, 0.717) is 13.0 Å². The summed E-state index contributed by atoms with van der Waals surface area (Å²) >= 11 is 0. The van der Waals surface area contributed by atoms with Gasteiger partial charge in [0.15, 0.2) is 0 Å². The van der Waals surface area contributed by atoms with Crippen LogP contribution >= 0.6 is 0 Å². The second-order valence-corrected chi connectivity index (χ2v) is 5.24. The summed E-state index contributed by atoms with van der Waals surface area (Å²) in [7, 11) is 3.94. The Bertz CT molecular complexity index is 607. The number of anilines is 2. The minimum atomic E-state index is -0.226. The van der Waals surface area contributed by atoms with Crippen LogP contribution in [0.4, 0.5) is 16.2 Å². The van der Waals surface area contributed by atoms with Gasteiger partial charge in [-0.3, -0.25) is 0 Å². The van der Waals surface area contributed by atoms with E-state index in [1.165, 1.54) is 0 Å². The van der Waals surface area contributed by atoms with E-state index in [0.717, 1.165) is 16.9 Å². The van der Waals surface area contributed by atoms with Crippen molar-refractivity contribution in [1.82, 2.24) is 5.32 Å². The smallest absolute Gasteiger partial charge is 0.319 e. The van der Waals surface area contributed by atoms with Gasteiger partial charge < -0.3 is 20.6 Å². The van der Waals surface area contributed by atoms with E-state index in [2.05, 4.69) is 10.6 Å². The molecular weight excluding hydrogens is 278 g/mol. The van der Waals surface area contributed by atoms with Crippen LogP contribution in [0.3, 0.4) is 0 Å². The standard InChI is InChI=1S/C17H21N3O2/c1-20(2)15-7-5-14(6-8-15)19-17(22)18-12-11-13-3-9-16(21)10-4-13/h3-10,21H,11-12H2,1-2H3,(H2,18,19,22). The van der Waals surface area contributed by atoms with Crippen molar-refractivity contribution >= 4 is 17.4 Å². The van der Waals surface area contributed by atoms with E-state index in [4.69, 9.17) is 0 Å². The molecule has 0 bridgehead atoms. The number of hydrogen-bond acceptors (Lipinski definition) is 3. The van der Waals surface area contributed by atoms with Gasteiger partial charge in [0.05, 0.1) is 0 Å². The zero-order valence-corrected chi connectivity index (χ0v) is 12.8. The quantitative estimate of drug-likeness (QED) is 0.795. The SMILES string of the molecule is CN(C)c1ccc(NC(=O)NCCc2ccc(O)cc2)cc1. The molecule has 2 aromatic carbocycles. The molecule has 0 saturated carbocycles. The number of nitrogens with zero attached hydrogens (tertiary/aromatic N) is 1. The highest BCUT2D eigenvalue weighted by molar-refractivity contribution is 5.89. The molecular formula is C17H21N3O2. The Balaban J connectivity index is 1.76. The summed E-state index contributed by atoms with van der Waals surface area (Å²) < 4.78 is 0. The molecule has 0 aliphatic carbocycles. The molecule has 0 aromatic heterocycles. The van der Waals surface area contributed by atoms with Crippen molar-refractivity contribution < 1.29 is 9.90 Å². The molecule has 2 amide bonds. The largest absolute Gasteiger partial charge is 0.508 e. The number of carbonyl (C=O) groups excluding carboxylic acids is 1. The number of rotatable bonds is 5. The number of carbonyl (C=O) groups is 1. The Hall–Kier alpha value is -2.69.